The second kappa shape index (κ2) is 3.35. The fourth-order valence-electron chi connectivity index (χ4n) is 1.01. The molecule has 0 aliphatic heterocycles. The van der Waals surface area contributed by atoms with E-state index < -0.39 is 17.3 Å². The number of carbonyl (C=O) groups excluding carboxylic acids is 1. The van der Waals surface area contributed by atoms with Crippen LogP contribution in [0.5, 0.6) is 17.2 Å². The molecule has 13 heavy (non-hydrogen) atoms. The summed E-state index contributed by atoms with van der Waals surface area (Å²) in [6.07, 6.45) is -0.0636. The molecule has 0 aromatic heterocycles. The summed E-state index contributed by atoms with van der Waals surface area (Å²) >= 11 is 0. The first-order valence-corrected chi connectivity index (χ1v) is 3.63. The van der Waals surface area contributed by atoms with Gasteiger partial charge in [-0.15, -0.1) is 0 Å². The van der Waals surface area contributed by atoms with Gasteiger partial charge in [-0.2, -0.15) is 0 Å². The minimum atomic E-state index is -0.477. The lowest BCUT2D eigenvalue weighted by molar-refractivity contribution is 0.0990. The molecule has 0 aliphatic carbocycles. The van der Waals surface area contributed by atoms with E-state index in [9.17, 15) is 15.0 Å². The van der Waals surface area contributed by atoms with Crippen molar-refractivity contribution >= 4 is 5.78 Å². The number of aromatic hydroxyl groups is 3. The molecule has 0 saturated carbocycles. The van der Waals surface area contributed by atoms with Crippen molar-refractivity contribution in [3.05, 3.63) is 24.6 Å². The van der Waals surface area contributed by atoms with Crippen LogP contribution in [-0.4, -0.2) is 21.1 Å². The number of phenols is 3. The van der Waals surface area contributed by atoms with Crippen molar-refractivity contribution in [1.29, 1.82) is 0 Å². The Morgan fingerprint density at radius 1 is 1.23 bits per heavy atom. The molecule has 0 aliphatic rings. The molecule has 0 amide bonds. The third-order valence-electron chi connectivity index (χ3n) is 1.59. The fraction of sp³-hybridized carbons (Fsp3) is 0.111. The van der Waals surface area contributed by atoms with E-state index in [2.05, 4.69) is 6.92 Å². The average molecular weight is 181 g/mol. The first-order valence-electron chi connectivity index (χ1n) is 3.63. The van der Waals surface area contributed by atoms with Crippen molar-refractivity contribution in [2.75, 3.05) is 0 Å². The predicted molar refractivity (Wildman–Crippen MR) is 45.7 cm³/mol. The number of Topliss-reactive ketones (excluding diaryl/α,β-unsaturated/α-hetero) is 1. The number of hydrogen-bond acceptors (Lipinski definition) is 4. The van der Waals surface area contributed by atoms with E-state index in [4.69, 9.17) is 5.11 Å². The Balaban J connectivity index is 3.28. The van der Waals surface area contributed by atoms with Crippen molar-refractivity contribution in [2.24, 2.45) is 0 Å². The second-order valence-electron chi connectivity index (χ2n) is 2.53. The van der Waals surface area contributed by atoms with Crippen molar-refractivity contribution in [1.82, 2.24) is 0 Å². The van der Waals surface area contributed by atoms with Crippen molar-refractivity contribution in [3.63, 3.8) is 0 Å². The quantitative estimate of drug-likeness (QED) is 0.599. The molecule has 0 heterocycles. The average Bonchev–Trinajstić information content (AvgIpc) is 2.02. The Bertz CT molecular complexity index is 320. The molecule has 1 radical (unpaired) electrons. The molecule has 0 atom stereocenters. The van der Waals surface area contributed by atoms with Crippen LogP contribution < -0.4 is 0 Å². The van der Waals surface area contributed by atoms with Gasteiger partial charge in [0.05, 0.1) is 0 Å². The highest BCUT2D eigenvalue weighted by atomic mass is 16.3. The van der Waals surface area contributed by atoms with Gasteiger partial charge in [0.1, 0.15) is 22.8 Å². The summed E-state index contributed by atoms with van der Waals surface area (Å²) in [5.74, 6) is -1.65. The van der Waals surface area contributed by atoms with E-state index in [1.165, 1.54) is 0 Å². The van der Waals surface area contributed by atoms with Gasteiger partial charge in [0.25, 0.3) is 0 Å². The summed E-state index contributed by atoms with van der Waals surface area (Å²) in [6.45, 7) is 3.33. The van der Waals surface area contributed by atoms with Gasteiger partial charge < -0.3 is 15.3 Å². The van der Waals surface area contributed by atoms with Gasteiger partial charge in [-0.05, 0) is 6.92 Å². The minimum Gasteiger partial charge on any atom is -0.508 e. The molecule has 0 spiro atoms. The van der Waals surface area contributed by atoms with Gasteiger partial charge in [0.15, 0.2) is 5.78 Å². The lowest BCUT2D eigenvalue weighted by Gasteiger charge is -2.05. The molecule has 1 rings (SSSR count). The Kier molecular flexibility index (Phi) is 2.41. The van der Waals surface area contributed by atoms with Crippen molar-refractivity contribution < 1.29 is 20.1 Å². The minimum absolute atomic E-state index is 0.0636. The maximum Gasteiger partial charge on any atom is 0.170 e. The molecule has 4 heteroatoms. The third-order valence-corrected chi connectivity index (χ3v) is 1.59. The third kappa shape index (κ3) is 1.72. The highest BCUT2D eigenvalue weighted by Crippen LogP contribution is 2.32. The molecule has 4 nitrogen and oxygen atoms in total. The Morgan fingerprint density at radius 3 is 2.08 bits per heavy atom. The maximum atomic E-state index is 11.1. The van der Waals surface area contributed by atoms with Crippen molar-refractivity contribution in [2.45, 2.75) is 6.42 Å². The van der Waals surface area contributed by atoms with Gasteiger partial charge >= 0.3 is 0 Å². The molecule has 0 unspecified atom stereocenters. The number of rotatable bonds is 2. The van der Waals surface area contributed by atoms with Crippen LogP contribution in [0.15, 0.2) is 12.1 Å². The largest absolute Gasteiger partial charge is 0.508 e. The molecule has 0 fully saturated rings. The molecule has 69 valence electrons. The van der Waals surface area contributed by atoms with Gasteiger partial charge in [0.2, 0.25) is 0 Å². The van der Waals surface area contributed by atoms with Crippen LogP contribution in [0.2, 0.25) is 0 Å². The number of phenolic OH excluding ortho intramolecular Hbond substituents is 3. The number of benzene rings is 1. The van der Waals surface area contributed by atoms with Crippen LogP contribution in [0.3, 0.4) is 0 Å². The lowest BCUT2D eigenvalue weighted by atomic mass is 10.1. The van der Waals surface area contributed by atoms with Crippen LogP contribution in [0.4, 0.5) is 0 Å². The zero-order valence-corrected chi connectivity index (χ0v) is 6.82. The van der Waals surface area contributed by atoms with Crippen molar-refractivity contribution in [3.8, 4) is 17.2 Å². The predicted octanol–water partition coefficient (Wildman–Crippen LogP) is 1.21. The van der Waals surface area contributed by atoms with Gasteiger partial charge in [-0.1, -0.05) is 0 Å². The summed E-state index contributed by atoms with van der Waals surface area (Å²) < 4.78 is 0. The zero-order chi connectivity index (χ0) is 10.0. The summed E-state index contributed by atoms with van der Waals surface area (Å²) in [6, 6.07) is 1.98. The summed E-state index contributed by atoms with van der Waals surface area (Å²) in [5, 5.41) is 27.3. The molecular formula is C9H9O4. The molecular weight excluding hydrogens is 172 g/mol. The van der Waals surface area contributed by atoms with E-state index in [0.717, 1.165) is 12.1 Å². The van der Waals surface area contributed by atoms with Crippen LogP contribution in [0, 0.1) is 6.92 Å². The van der Waals surface area contributed by atoms with Gasteiger partial charge in [-0.3, -0.25) is 4.79 Å². The maximum absolute atomic E-state index is 11.1. The summed E-state index contributed by atoms with van der Waals surface area (Å²) in [5.41, 5.74) is -0.201. The normalized spacial score (nSPS) is 9.92. The smallest absolute Gasteiger partial charge is 0.170 e. The summed E-state index contributed by atoms with van der Waals surface area (Å²) in [4.78, 5) is 11.1. The van der Waals surface area contributed by atoms with Crippen LogP contribution in [-0.2, 0) is 0 Å². The van der Waals surface area contributed by atoms with Crippen LogP contribution >= 0.6 is 0 Å². The monoisotopic (exact) mass is 181 g/mol. The van der Waals surface area contributed by atoms with E-state index in [1.54, 1.807) is 0 Å². The van der Waals surface area contributed by atoms with Crippen LogP contribution in [0.25, 0.3) is 0 Å². The van der Waals surface area contributed by atoms with Crippen LogP contribution in [0.1, 0.15) is 16.8 Å². The lowest BCUT2D eigenvalue weighted by Crippen LogP contribution is -1.97. The molecule has 3 N–H and O–H groups in total. The van der Waals surface area contributed by atoms with E-state index in [0.29, 0.717) is 0 Å². The van der Waals surface area contributed by atoms with Gasteiger partial charge in [-0.25, -0.2) is 0 Å². The Hall–Kier alpha value is -1.71. The molecule has 0 saturated heterocycles. The summed E-state index contributed by atoms with van der Waals surface area (Å²) in [7, 11) is 0. The van der Waals surface area contributed by atoms with Gasteiger partial charge in [0, 0.05) is 18.6 Å². The molecule has 1 aromatic rings. The number of carbonyl (C=O) groups is 1. The van der Waals surface area contributed by atoms with E-state index >= 15 is 0 Å². The number of ketones is 1. The molecule has 1 aromatic carbocycles. The highest BCUT2D eigenvalue weighted by Gasteiger charge is 2.15. The first-order chi connectivity index (χ1) is 6.06. The molecule has 0 bridgehead atoms. The first kappa shape index (κ1) is 9.38. The second-order valence-corrected chi connectivity index (χ2v) is 2.53. The Morgan fingerprint density at radius 2 is 1.69 bits per heavy atom. The SMILES string of the molecule is [CH2]CC(=O)c1c(O)cc(O)cc1O. The standard InChI is InChI=1S/C9H9O4/c1-2-6(11)9-7(12)3-5(10)4-8(9)13/h3-4,10,12-13H,1-2H2. The highest BCUT2D eigenvalue weighted by molar-refractivity contribution is 6.01. The fourth-order valence-corrected chi connectivity index (χ4v) is 1.01. The topological polar surface area (TPSA) is 77.8 Å². The zero-order valence-electron chi connectivity index (χ0n) is 6.82. The van der Waals surface area contributed by atoms with E-state index in [1.807, 2.05) is 0 Å². The van der Waals surface area contributed by atoms with E-state index in [-0.39, 0.29) is 17.7 Å². The number of hydrogen-bond donors (Lipinski definition) is 3. The Labute approximate surface area is 75.1 Å².